The van der Waals surface area contributed by atoms with E-state index in [4.69, 9.17) is 4.74 Å². The summed E-state index contributed by atoms with van der Waals surface area (Å²) >= 11 is 0. The molecule has 1 spiro atoms. The Hall–Kier alpha value is -4.77. The molecule has 0 amide bonds. The minimum Gasteiger partial charge on any atom is -0.497 e. The van der Waals surface area contributed by atoms with Gasteiger partial charge in [0.15, 0.2) is 17.3 Å². The van der Waals surface area contributed by atoms with Gasteiger partial charge in [-0.05, 0) is 36.2 Å². The second-order valence-electron chi connectivity index (χ2n) is 10.8. The largest absolute Gasteiger partial charge is 0.497 e. The van der Waals surface area contributed by atoms with Crippen LogP contribution < -0.4 is 9.64 Å². The number of hydrogen-bond donors (Lipinski definition) is 0. The maximum Gasteiger partial charge on any atom is 0.185 e. The third kappa shape index (κ3) is 3.18. The van der Waals surface area contributed by atoms with Crippen molar-refractivity contribution < 1.29 is 19.1 Å². The number of benzene rings is 4. The molecule has 1 saturated heterocycles. The Labute approximate surface area is 232 Å². The van der Waals surface area contributed by atoms with Crippen molar-refractivity contribution in [3.05, 3.63) is 137 Å². The molecule has 5 nitrogen and oxygen atoms in total. The average Bonchev–Trinajstić information content (AvgIpc) is 3.43. The summed E-state index contributed by atoms with van der Waals surface area (Å²) in [6.45, 7) is 1.98. The van der Waals surface area contributed by atoms with E-state index < -0.39 is 23.4 Å². The molecule has 2 heterocycles. The first-order chi connectivity index (χ1) is 19.5. The lowest BCUT2D eigenvalue weighted by Crippen LogP contribution is -2.48. The van der Waals surface area contributed by atoms with E-state index in [1.54, 1.807) is 31.4 Å². The van der Waals surface area contributed by atoms with E-state index in [2.05, 4.69) is 0 Å². The Morgan fingerprint density at radius 2 is 1.43 bits per heavy atom. The minimum absolute atomic E-state index is 0.121. The molecule has 4 aromatic rings. The number of anilines is 1. The molecule has 1 aliphatic carbocycles. The van der Waals surface area contributed by atoms with Gasteiger partial charge in [0.2, 0.25) is 0 Å². The number of para-hydroxylation sites is 1. The van der Waals surface area contributed by atoms with Crippen LogP contribution in [0.5, 0.6) is 5.75 Å². The lowest BCUT2D eigenvalue weighted by molar-refractivity contribution is 0.0666. The van der Waals surface area contributed by atoms with Gasteiger partial charge in [-0.2, -0.15) is 0 Å². The monoisotopic (exact) mass is 525 g/mol. The summed E-state index contributed by atoms with van der Waals surface area (Å²) in [6, 6.07) is 28.4. The third-order valence-corrected chi connectivity index (χ3v) is 8.79. The van der Waals surface area contributed by atoms with Crippen LogP contribution in [0.15, 0.2) is 103 Å². The van der Waals surface area contributed by atoms with E-state index >= 15 is 0 Å². The topological polar surface area (TPSA) is 63.7 Å². The van der Waals surface area contributed by atoms with Crippen molar-refractivity contribution in [1.82, 2.24) is 0 Å². The van der Waals surface area contributed by atoms with E-state index in [0.717, 1.165) is 22.4 Å². The van der Waals surface area contributed by atoms with Gasteiger partial charge in [-0.1, -0.05) is 96.6 Å². The molecule has 4 aromatic carbocycles. The van der Waals surface area contributed by atoms with E-state index in [1.807, 2.05) is 96.8 Å². The maximum atomic E-state index is 14.6. The Morgan fingerprint density at radius 1 is 0.800 bits per heavy atom. The number of methoxy groups -OCH3 is 1. The summed E-state index contributed by atoms with van der Waals surface area (Å²) < 4.78 is 5.42. The summed E-state index contributed by atoms with van der Waals surface area (Å²) in [5.74, 6) is -0.656. The van der Waals surface area contributed by atoms with Crippen LogP contribution in [0.1, 0.15) is 53.7 Å². The number of Topliss-reactive ketones (excluding diaryl/α,β-unsaturated/α-hetero) is 3. The Kier molecular flexibility index (Phi) is 5.39. The molecule has 0 N–H and O–H groups in total. The standard InChI is InChI=1S/C35H27NO4/c1-21-11-13-24(14-12-21)32(37)31-30(23-15-18-25(40-2)19-16-23)35(33(38)26-8-4-5-9-27(26)34(35)39)29-20-17-22-7-3-6-10-28(22)36(29)31/h3-20,29-31H,1-2H3/t29-,30-,31+/m1/s1. The molecule has 0 radical (unpaired) electrons. The highest BCUT2D eigenvalue weighted by atomic mass is 16.5. The first-order valence-corrected chi connectivity index (χ1v) is 13.5. The fourth-order valence-electron chi connectivity index (χ4n) is 6.99. The van der Waals surface area contributed by atoms with E-state index in [-0.39, 0.29) is 17.3 Å². The number of hydrogen-bond acceptors (Lipinski definition) is 5. The van der Waals surface area contributed by atoms with Crippen LogP contribution >= 0.6 is 0 Å². The zero-order chi connectivity index (χ0) is 27.6. The highest BCUT2D eigenvalue weighted by molar-refractivity contribution is 6.32. The summed E-state index contributed by atoms with van der Waals surface area (Å²) in [5.41, 5.74) is 3.46. The summed E-state index contributed by atoms with van der Waals surface area (Å²) in [6.07, 6.45) is 3.93. The number of fused-ring (bicyclic) bond motifs is 5. The molecule has 2 aliphatic heterocycles. The highest BCUT2D eigenvalue weighted by Crippen LogP contribution is 2.61. The van der Waals surface area contributed by atoms with Crippen molar-refractivity contribution in [3.63, 3.8) is 0 Å². The number of nitrogens with zero attached hydrogens (tertiary/aromatic N) is 1. The fraction of sp³-hybridized carbons (Fsp3) is 0.171. The zero-order valence-corrected chi connectivity index (χ0v) is 22.2. The fourth-order valence-corrected chi connectivity index (χ4v) is 6.99. The highest BCUT2D eigenvalue weighted by Gasteiger charge is 2.71. The molecule has 3 atom stereocenters. The number of rotatable bonds is 4. The summed E-state index contributed by atoms with van der Waals surface area (Å²) in [5, 5.41) is 0. The molecule has 0 saturated carbocycles. The smallest absolute Gasteiger partial charge is 0.185 e. The lowest BCUT2D eigenvalue weighted by Gasteiger charge is -2.37. The molecule has 7 rings (SSSR count). The Morgan fingerprint density at radius 3 is 2.08 bits per heavy atom. The first kappa shape index (κ1) is 24.3. The third-order valence-electron chi connectivity index (χ3n) is 8.79. The molecule has 5 heteroatoms. The van der Waals surface area contributed by atoms with Crippen LogP contribution in [0, 0.1) is 12.3 Å². The molecule has 196 valence electrons. The van der Waals surface area contributed by atoms with Gasteiger partial charge in [-0.3, -0.25) is 14.4 Å². The molecule has 0 bridgehead atoms. The molecule has 1 fully saturated rings. The van der Waals surface area contributed by atoms with Gasteiger partial charge in [0.25, 0.3) is 0 Å². The molecular weight excluding hydrogens is 498 g/mol. The molecular formula is C35H27NO4. The van der Waals surface area contributed by atoms with Crippen molar-refractivity contribution in [2.75, 3.05) is 12.0 Å². The van der Waals surface area contributed by atoms with Crippen molar-refractivity contribution >= 4 is 29.1 Å². The molecule has 40 heavy (non-hydrogen) atoms. The number of carbonyl (C=O) groups excluding carboxylic acids is 3. The normalized spacial score (nSPS) is 21.8. The van der Waals surface area contributed by atoms with Crippen LogP contribution in [-0.4, -0.2) is 36.5 Å². The number of ether oxygens (including phenoxy) is 1. The van der Waals surface area contributed by atoms with Gasteiger partial charge in [0, 0.05) is 28.3 Å². The second kappa shape index (κ2) is 8.88. The van der Waals surface area contributed by atoms with E-state index in [1.165, 1.54) is 0 Å². The van der Waals surface area contributed by atoms with Gasteiger partial charge >= 0.3 is 0 Å². The SMILES string of the molecule is COc1ccc([C@@H]2[C@@H](C(=O)c3ccc(C)cc3)N3c4ccccc4C=C[C@@H]3C23C(=O)c2ccccc2C3=O)cc1. The number of aryl methyl sites for hydroxylation is 1. The van der Waals surface area contributed by atoms with Crippen molar-refractivity contribution in [1.29, 1.82) is 0 Å². The minimum atomic E-state index is -1.51. The molecule has 3 aliphatic rings. The van der Waals surface area contributed by atoms with Crippen molar-refractivity contribution in [3.8, 4) is 5.75 Å². The van der Waals surface area contributed by atoms with Crippen LogP contribution in [0.3, 0.4) is 0 Å². The average molecular weight is 526 g/mol. The predicted molar refractivity (Wildman–Crippen MR) is 154 cm³/mol. The zero-order valence-electron chi connectivity index (χ0n) is 22.2. The number of ketones is 3. The number of carbonyl (C=O) groups is 3. The van der Waals surface area contributed by atoms with Crippen LogP contribution in [0.25, 0.3) is 6.08 Å². The first-order valence-electron chi connectivity index (χ1n) is 13.5. The van der Waals surface area contributed by atoms with Gasteiger partial charge in [0.05, 0.1) is 13.2 Å². The van der Waals surface area contributed by atoms with Gasteiger partial charge in [0.1, 0.15) is 17.2 Å². The quantitative estimate of drug-likeness (QED) is 0.231. The molecule has 0 aromatic heterocycles. The van der Waals surface area contributed by atoms with Crippen LogP contribution in [-0.2, 0) is 0 Å². The van der Waals surface area contributed by atoms with E-state index in [9.17, 15) is 14.4 Å². The van der Waals surface area contributed by atoms with Gasteiger partial charge in [-0.15, -0.1) is 0 Å². The molecule has 0 unspecified atom stereocenters. The predicted octanol–water partition coefficient (Wildman–Crippen LogP) is 6.32. The van der Waals surface area contributed by atoms with Crippen molar-refractivity contribution in [2.45, 2.75) is 24.9 Å². The summed E-state index contributed by atoms with van der Waals surface area (Å²) in [7, 11) is 1.60. The maximum absolute atomic E-state index is 14.6. The van der Waals surface area contributed by atoms with Gasteiger partial charge in [-0.25, -0.2) is 0 Å². The van der Waals surface area contributed by atoms with Crippen molar-refractivity contribution in [2.24, 2.45) is 5.41 Å². The second-order valence-corrected chi connectivity index (χ2v) is 10.8. The van der Waals surface area contributed by atoms with Crippen LogP contribution in [0.2, 0.25) is 0 Å². The summed E-state index contributed by atoms with van der Waals surface area (Å²) in [4.78, 5) is 46.0. The Bertz CT molecular complexity index is 1680. The van der Waals surface area contributed by atoms with Gasteiger partial charge < -0.3 is 9.64 Å². The Balaban J connectivity index is 1.53. The van der Waals surface area contributed by atoms with E-state index in [0.29, 0.717) is 22.4 Å². The lowest BCUT2D eigenvalue weighted by atomic mass is 9.64. The van der Waals surface area contributed by atoms with Crippen LogP contribution in [0.4, 0.5) is 5.69 Å².